The number of benzene rings is 1. The zero-order chi connectivity index (χ0) is 20.6. The van der Waals surface area contributed by atoms with Gasteiger partial charge in [0.25, 0.3) is 0 Å². The molecule has 3 rings (SSSR count). The number of aliphatic imine (C=N–C) groups is 1. The van der Waals surface area contributed by atoms with Crippen molar-refractivity contribution in [2.75, 3.05) is 31.6 Å². The van der Waals surface area contributed by atoms with Gasteiger partial charge in [0.1, 0.15) is 5.82 Å². The van der Waals surface area contributed by atoms with Crippen molar-refractivity contribution in [2.24, 2.45) is 4.99 Å². The molecule has 0 saturated carbocycles. The number of morpholine rings is 1. The molecular formula is C23H33N5O. The molecule has 156 valence electrons. The van der Waals surface area contributed by atoms with Crippen molar-refractivity contribution in [3.8, 4) is 0 Å². The molecule has 0 aliphatic carbocycles. The number of anilines is 1. The van der Waals surface area contributed by atoms with Gasteiger partial charge in [-0.05, 0) is 37.1 Å². The molecule has 6 nitrogen and oxygen atoms in total. The monoisotopic (exact) mass is 395 g/mol. The van der Waals surface area contributed by atoms with Gasteiger partial charge in [-0.3, -0.25) is 4.99 Å². The van der Waals surface area contributed by atoms with Crippen LogP contribution in [0.2, 0.25) is 0 Å². The molecule has 1 aromatic carbocycles. The van der Waals surface area contributed by atoms with Gasteiger partial charge in [-0.2, -0.15) is 0 Å². The Morgan fingerprint density at radius 2 is 2.07 bits per heavy atom. The van der Waals surface area contributed by atoms with Gasteiger partial charge in [0.05, 0.1) is 12.7 Å². The summed E-state index contributed by atoms with van der Waals surface area (Å²) in [6.45, 7) is 9.73. The maximum Gasteiger partial charge on any atom is 0.191 e. The molecule has 1 aromatic heterocycles. The summed E-state index contributed by atoms with van der Waals surface area (Å²) in [4.78, 5) is 11.2. The number of guanidine groups is 1. The number of pyridine rings is 1. The lowest BCUT2D eigenvalue weighted by Gasteiger charge is -2.32. The lowest BCUT2D eigenvalue weighted by atomic mass is 9.94. The third kappa shape index (κ3) is 5.94. The molecule has 2 N–H and O–H groups in total. The van der Waals surface area contributed by atoms with Gasteiger partial charge in [0.2, 0.25) is 0 Å². The van der Waals surface area contributed by atoms with E-state index in [-0.39, 0.29) is 12.1 Å². The number of aromatic nitrogens is 1. The maximum atomic E-state index is 5.64. The summed E-state index contributed by atoms with van der Waals surface area (Å²) >= 11 is 0. The van der Waals surface area contributed by atoms with Crippen LogP contribution in [-0.2, 0) is 11.3 Å². The third-order valence-corrected chi connectivity index (χ3v) is 5.50. The second-order valence-electron chi connectivity index (χ2n) is 7.71. The summed E-state index contributed by atoms with van der Waals surface area (Å²) in [6.07, 6.45) is 2.12. The molecular weight excluding hydrogens is 362 g/mol. The van der Waals surface area contributed by atoms with E-state index in [0.29, 0.717) is 12.5 Å². The van der Waals surface area contributed by atoms with Gasteiger partial charge in [-0.1, -0.05) is 37.3 Å². The molecule has 1 fully saturated rings. The lowest BCUT2D eigenvalue weighted by Crippen LogP contribution is -2.44. The first-order valence-corrected chi connectivity index (χ1v) is 10.4. The van der Waals surface area contributed by atoms with E-state index in [4.69, 9.17) is 4.74 Å². The van der Waals surface area contributed by atoms with Gasteiger partial charge in [-0.15, -0.1) is 0 Å². The topological polar surface area (TPSA) is 61.8 Å². The van der Waals surface area contributed by atoms with Crippen LogP contribution in [0.4, 0.5) is 5.82 Å². The first-order chi connectivity index (χ1) is 14.1. The Morgan fingerprint density at radius 1 is 1.28 bits per heavy atom. The van der Waals surface area contributed by atoms with Crippen LogP contribution in [-0.4, -0.2) is 49.8 Å². The molecule has 0 spiro atoms. The number of rotatable bonds is 6. The van der Waals surface area contributed by atoms with Crippen LogP contribution in [0.5, 0.6) is 0 Å². The highest BCUT2D eigenvalue weighted by Gasteiger charge is 2.18. The minimum Gasteiger partial charge on any atom is -0.375 e. The summed E-state index contributed by atoms with van der Waals surface area (Å²) in [7, 11) is 1.81. The van der Waals surface area contributed by atoms with Crippen molar-refractivity contribution in [3.63, 3.8) is 0 Å². The Hall–Kier alpha value is -2.60. The minimum atomic E-state index is 0.239. The third-order valence-electron chi connectivity index (χ3n) is 5.50. The molecule has 29 heavy (non-hydrogen) atoms. The van der Waals surface area contributed by atoms with E-state index in [1.54, 1.807) is 0 Å². The molecule has 3 unspecified atom stereocenters. The predicted molar refractivity (Wildman–Crippen MR) is 120 cm³/mol. The molecule has 2 aromatic rings. The second kappa shape index (κ2) is 10.3. The molecule has 6 heteroatoms. The summed E-state index contributed by atoms with van der Waals surface area (Å²) in [5, 5.41) is 6.95. The van der Waals surface area contributed by atoms with Crippen LogP contribution in [0.3, 0.4) is 0 Å². The highest BCUT2D eigenvalue weighted by Crippen LogP contribution is 2.19. The average Bonchev–Trinajstić information content (AvgIpc) is 2.76. The van der Waals surface area contributed by atoms with E-state index in [0.717, 1.165) is 31.5 Å². The van der Waals surface area contributed by atoms with Gasteiger partial charge in [0.15, 0.2) is 5.96 Å². The standard InChI is InChI=1S/C23H33N5O/c1-17-16-28(12-13-29-17)22-14-20(10-11-25-22)15-26-23(24-4)27-19(3)18(2)21-8-6-5-7-9-21/h5-11,14,17-19H,12-13,15-16H2,1-4H3,(H2,24,26,27). The molecule has 0 radical (unpaired) electrons. The van der Waals surface area contributed by atoms with Crippen molar-refractivity contribution in [2.45, 2.75) is 45.4 Å². The van der Waals surface area contributed by atoms with Gasteiger partial charge in [-0.25, -0.2) is 4.98 Å². The van der Waals surface area contributed by atoms with E-state index in [9.17, 15) is 0 Å². The Balaban J connectivity index is 1.56. The fourth-order valence-corrected chi connectivity index (χ4v) is 3.54. The molecule has 2 heterocycles. The Bertz CT molecular complexity index is 795. The lowest BCUT2D eigenvalue weighted by molar-refractivity contribution is 0.0529. The fourth-order valence-electron chi connectivity index (χ4n) is 3.54. The highest BCUT2D eigenvalue weighted by molar-refractivity contribution is 5.80. The number of ether oxygens (including phenoxy) is 1. The van der Waals surface area contributed by atoms with Crippen LogP contribution >= 0.6 is 0 Å². The van der Waals surface area contributed by atoms with Crippen LogP contribution in [0, 0.1) is 0 Å². The number of hydrogen-bond donors (Lipinski definition) is 2. The zero-order valence-electron chi connectivity index (χ0n) is 17.9. The first kappa shape index (κ1) is 21.1. The summed E-state index contributed by atoms with van der Waals surface area (Å²) in [5.41, 5.74) is 2.50. The van der Waals surface area contributed by atoms with E-state index < -0.39 is 0 Å². The van der Waals surface area contributed by atoms with Crippen molar-refractivity contribution in [3.05, 3.63) is 59.8 Å². The Kier molecular flexibility index (Phi) is 7.47. The molecule has 0 bridgehead atoms. The largest absolute Gasteiger partial charge is 0.375 e. The average molecular weight is 396 g/mol. The van der Waals surface area contributed by atoms with Crippen molar-refractivity contribution >= 4 is 11.8 Å². The fraction of sp³-hybridized carbons (Fsp3) is 0.478. The van der Waals surface area contributed by atoms with Gasteiger partial charge in [0, 0.05) is 44.8 Å². The zero-order valence-corrected chi connectivity index (χ0v) is 17.9. The van der Waals surface area contributed by atoms with Crippen molar-refractivity contribution < 1.29 is 4.74 Å². The first-order valence-electron chi connectivity index (χ1n) is 10.4. The van der Waals surface area contributed by atoms with Crippen LogP contribution in [0.25, 0.3) is 0 Å². The van der Waals surface area contributed by atoms with E-state index in [1.807, 2.05) is 19.3 Å². The number of hydrogen-bond acceptors (Lipinski definition) is 4. The van der Waals surface area contributed by atoms with Gasteiger partial charge >= 0.3 is 0 Å². The maximum absolute atomic E-state index is 5.64. The van der Waals surface area contributed by atoms with Crippen molar-refractivity contribution in [1.29, 1.82) is 0 Å². The van der Waals surface area contributed by atoms with Crippen LogP contribution in [0.15, 0.2) is 53.7 Å². The summed E-state index contributed by atoms with van der Waals surface area (Å²) in [6, 6.07) is 15.0. The molecule has 1 aliphatic heterocycles. The Labute approximate surface area is 174 Å². The molecule has 1 aliphatic rings. The quantitative estimate of drug-likeness (QED) is 0.581. The second-order valence-corrected chi connectivity index (χ2v) is 7.71. The van der Waals surface area contributed by atoms with Gasteiger partial charge < -0.3 is 20.3 Å². The SMILES string of the molecule is CN=C(NCc1ccnc(N2CCOC(C)C2)c1)NC(C)C(C)c1ccccc1. The molecule has 3 atom stereocenters. The van der Waals surface area contributed by atoms with Crippen LogP contribution in [0.1, 0.15) is 37.8 Å². The normalized spacial score (nSPS) is 19.5. The smallest absolute Gasteiger partial charge is 0.191 e. The minimum absolute atomic E-state index is 0.239. The number of nitrogens with zero attached hydrogens (tertiary/aromatic N) is 3. The van der Waals surface area contributed by atoms with Crippen LogP contribution < -0.4 is 15.5 Å². The highest BCUT2D eigenvalue weighted by atomic mass is 16.5. The van der Waals surface area contributed by atoms with Crippen molar-refractivity contribution in [1.82, 2.24) is 15.6 Å². The van der Waals surface area contributed by atoms with E-state index in [1.165, 1.54) is 11.1 Å². The predicted octanol–water partition coefficient (Wildman–Crippen LogP) is 3.16. The van der Waals surface area contributed by atoms with E-state index >= 15 is 0 Å². The number of nitrogens with one attached hydrogen (secondary N) is 2. The molecule has 1 saturated heterocycles. The molecule has 0 amide bonds. The Morgan fingerprint density at radius 3 is 2.79 bits per heavy atom. The summed E-state index contributed by atoms with van der Waals surface area (Å²) < 4.78 is 5.64. The summed E-state index contributed by atoms with van der Waals surface area (Å²) in [5.74, 6) is 2.19. The van der Waals surface area contributed by atoms with E-state index in [2.05, 4.69) is 82.7 Å².